The van der Waals surface area contributed by atoms with E-state index in [-0.39, 0.29) is 17.1 Å². The van der Waals surface area contributed by atoms with Crippen LogP contribution in [0.2, 0.25) is 0 Å². The number of halogens is 5. The number of benzene rings is 5. The van der Waals surface area contributed by atoms with E-state index in [9.17, 15) is 31.5 Å². The zero-order valence-corrected chi connectivity index (χ0v) is 20.4. The van der Waals surface area contributed by atoms with Crippen LogP contribution in [0.25, 0.3) is 21.5 Å². The van der Waals surface area contributed by atoms with Crippen LogP contribution < -0.4 is 9.47 Å². The lowest BCUT2D eigenvalue weighted by Gasteiger charge is -2.17. The summed E-state index contributed by atoms with van der Waals surface area (Å²) in [5, 5.41) is 2.27. The molecule has 0 amide bonds. The topological polar surface area (TPSA) is 52.6 Å². The first kappa shape index (κ1) is 25.8. The molecule has 0 N–H and O–H groups in total. The van der Waals surface area contributed by atoms with Gasteiger partial charge in [-0.15, -0.1) is 0 Å². The Balaban J connectivity index is 1.63. The van der Waals surface area contributed by atoms with E-state index in [4.69, 9.17) is 9.47 Å². The molecule has 0 unspecified atom stereocenters. The van der Waals surface area contributed by atoms with E-state index in [1.165, 1.54) is 12.1 Å². The maximum Gasteiger partial charge on any atom is 0.346 e. The third-order valence-corrected chi connectivity index (χ3v) is 6.43. The number of carbonyl (C=O) groups excluding carboxylic acids is 2. The second-order valence-corrected chi connectivity index (χ2v) is 8.74. The molecule has 0 heterocycles. The van der Waals surface area contributed by atoms with E-state index in [1.54, 1.807) is 38.1 Å². The standard InChI is InChI=1S/C30H17F5O4/c1-14-17-5-3-7-23(38-29(36)16-9-11-20(31)22(33)13-16)25(17)15(2)26-18(14)6-4-8-24(26)39-30(37)19-10-12-21(32)28(35)27(19)34/h3-13H,1-2H3. The largest absolute Gasteiger partial charge is 0.422 e. The lowest BCUT2D eigenvalue weighted by molar-refractivity contribution is 0.0724. The molecule has 5 aromatic rings. The van der Waals surface area contributed by atoms with E-state index in [1.807, 2.05) is 0 Å². The van der Waals surface area contributed by atoms with Crippen LogP contribution >= 0.6 is 0 Å². The van der Waals surface area contributed by atoms with Gasteiger partial charge in [-0.3, -0.25) is 0 Å². The second kappa shape index (κ2) is 9.83. The van der Waals surface area contributed by atoms with Crippen molar-refractivity contribution in [3.05, 3.63) is 118 Å². The summed E-state index contributed by atoms with van der Waals surface area (Å²) in [6.07, 6.45) is 0. The average molecular weight is 536 g/mol. The van der Waals surface area contributed by atoms with E-state index in [2.05, 4.69) is 0 Å². The predicted molar refractivity (Wildman–Crippen MR) is 134 cm³/mol. The molecule has 0 spiro atoms. The van der Waals surface area contributed by atoms with Crippen molar-refractivity contribution in [2.75, 3.05) is 0 Å². The summed E-state index contributed by atoms with van der Waals surface area (Å²) in [6, 6.07) is 13.8. The first-order chi connectivity index (χ1) is 18.6. The molecule has 0 atom stereocenters. The van der Waals surface area contributed by atoms with Gasteiger partial charge in [-0.05, 0) is 78.2 Å². The minimum Gasteiger partial charge on any atom is -0.422 e. The van der Waals surface area contributed by atoms with Gasteiger partial charge in [0, 0.05) is 10.8 Å². The summed E-state index contributed by atoms with van der Waals surface area (Å²) in [7, 11) is 0. The normalized spacial score (nSPS) is 11.2. The molecule has 0 radical (unpaired) electrons. The fourth-order valence-electron chi connectivity index (χ4n) is 4.52. The lowest BCUT2D eigenvalue weighted by Crippen LogP contribution is -2.13. The molecule has 9 heteroatoms. The number of rotatable bonds is 4. The number of aryl methyl sites for hydroxylation is 2. The van der Waals surface area contributed by atoms with Crippen LogP contribution in [0.5, 0.6) is 11.5 Å². The summed E-state index contributed by atoms with van der Waals surface area (Å²) in [5.74, 6) is -9.29. The Hall–Kier alpha value is -4.79. The molecular formula is C30H17F5O4. The smallest absolute Gasteiger partial charge is 0.346 e. The van der Waals surface area contributed by atoms with Gasteiger partial charge in [0.05, 0.1) is 11.1 Å². The fourth-order valence-corrected chi connectivity index (χ4v) is 4.52. The molecule has 5 rings (SSSR count). The van der Waals surface area contributed by atoms with Gasteiger partial charge < -0.3 is 9.47 Å². The first-order valence-electron chi connectivity index (χ1n) is 11.6. The van der Waals surface area contributed by atoms with Crippen LogP contribution in [-0.4, -0.2) is 11.9 Å². The van der Waals surface area contributed by atoms with Crippen LogP contribution in [0.4, 0.5) is 22.0 Å². The van der Waals surface area contributed by atoms with Crippen LogP contribution in [0.1, 0.15) is 31.8 Å². The van der Waals surface area contributed by atoms with Crippen LogP contribution in [0.3, 0.4) is 0 Å². The summed E-state index contributed by atoms with van der Waals surface area (Å²) >= 11 is 0. The third kappa shape index (κ3) is 4.46. The number of ether oxygens (including phenoxy) is 2. The van der Waals surface area contributed by atoms with Gasteiger partial charge in [-0.25, -0.2) is 31.5 Å². The summed E-state index contributed by atoms with van der Waals surface area (Å²) in [5.41, 5.74) is 0.258. The highest BCUT2D eigenvalue weighted by Crippen LogP contribution is 2.41. The molecule has 39 heavy (non-hydrogen) atoms. The van der Waals surface area contributed by atoms with Gasteiger partial charge in [0.1, 0.15) is 11.5 Å². The van der Waals surface area contributed by atoms with Gasteiger partial charge in [-0.1, -0.05) is 24.3 Å². The predicted octanol–water partition coefficient (Wildman–Crippen LogP) is 7.74. The first-order valence-corrected chi connectivity index (χ1v) is 11.6. The highest BCUT2D eigenvalue weighted by atomic mass is 19.2. The van der Waals surface area contributed by atoms with Crippen molar-refractivity contribution < 1.29 is 41.0 Å². The third-order valence-electron chi connectivity index (χ3n) is 6.43. The van der Waals surface area contributed by atoms with Gasteiger partial charge >= 0.3 is 11.9 Å². The molecule has 0 aliphatic rings. The summed E-state index contributed by atoms with van der Waals surface area (Å²) in [4.78, 5) is 25.5. The van der Waals surface area contributed by atoms with Gasteiger partial charge in [0.15, 0.2) is 29.1 Å². The van der Waals surface area contributed by atoms with Crippen LogP contribution in [0, 0.1) is 42.9 Å². The highest BCUT2D eigenvalue weighted by molar-refractivity contribution is 6.11. The fraction of sp³-hybridized carbons (Fsp3) is 0.0667. The van der Waals surface area contributed by atoms with Crippen LogP contribution in [0.15, 0.2) is 66.7 Å². The molecule has 0 saturated carbocycles. The zero-order chi connectivity index (χ0) is 28.0. The van der Waals surface area contributed by atoms with Crippen molar-refractivity contribution in [1.82, 2.24) is 0 Å². The number of hydrogen-bond acceptors (Lipinski definition) is 4. The van der Waals surface area contributed by atoms with Crippen molar-refractivity contribution in [2.24, 2.45) is 0 Å². The van der Waals surface area contributed by atoms with Crippen molar-refractivity contribution in [3.63, 3.8) is 0 Å². The van der Waals surface area contributed by atoms with Crippen molar-refractivity contribution in [1.29, 1.82) is 0 Å². The Morgan fingerprint density at radius 1 is 0.590 bits per heavy atom. The molecule has 0 saturated heterocycles. The second-order valence-electron chi connectivity index (χ2n) is 8.74. The Kier molecular flexibility index (Phi) is 6.51. The zero-order valence-electron chi connectivity index (χ0n) is 20.4. The SMILES string of the molecule is Cc1c2cccc(OC(=O)c3ccc(F)c(F)c3)c2c(C)c2c(OC(=O)c3ccc(F)c(F)c3F)cccc12. The molecule has 4 nitrogen and oxygen atoms in total. The maximum atomic E-state index is 14.2. The Labute approximate surface area is 218 Å². The quantitative estimate of drug-likeness (QED) is 0.0775. The van der Waals surface area contributed by atoms with E-state index in [0.29, 0.717) is 33.2 Å². The molecule has 0 aliphatic carbocycles. The van der Waals surface area contributed by atoms with E-state index >= 15 is 0 Å². The Morgan fingerprint density at radius 3 is 1.74 bits per heavy atom. The summed E-state index contributed by atoms with van der Waals surface area (Å²) in [6.45, 7) is 3.49. The van der Waals surface area contributed by atoms with Crippen molar-refractivity contribution >= 4 is 33.5 Å². The average Bonchev–Trinajstić information content (AvgIpc) is 2.91. The van der Waals surface area contributed by atoms with Crippen LogP contribution in [-0.2, 0) is 0 Å². The summed E-state index contributed by atoms with van der Waals surface area (Å²) < 4.78 is 79.3. The van der Waals surface area contributed by atoms with E-state index < -0.39 is 46.6 Å². The number of fused-ring (bicyclic) bond motifs is 2. The van der Waals surface area contributed by atoms with E-state index in [0.717, 1.165) is 29.8 Å². The molecule has 0 aromatic heterocycles. The number of carbonyl (C=O) groups is 2. The van der Waals surface area contributed by atoms with Crippen molar-refractivity contribution in [3.8, 4) is 11.5 Å². The highest BCUT2D eigenvalue weighted by Gasteiger charge is 2.23. The Bertz CT molecular complexity index is 1830. The monoisotopic (exact) mass is 536 g/mol. The number of esters is 2. The minimum atomic E-state index is -1.80. The Morgan fingerprint density at radius 2 is 1.15 bits per heavy atom. The maximum absolute atomic E-state index is 14.2. The molecule has 0 bridgehead atoms. The molecule has 0 fully saturated rings. The lowest BCUT2D eigenvalue weighted by atomic mass is 9.92. The van der Waals surface area contributed by atoms with Gasteiger partial charge in [-0.2, -0.15) is 0 Å². The molecule has 196 valence electrons. The minimum absolute atomic E-state index is 0.00543. The van der Waals surface area contributed by atoms with Gasteiger partial charge in [0.25, 0.3) is 0 Å². The molecule has 0 aliphatic heterocycles. The van der Waals surface area contributed by atoms with Gasteiger partial charge in [0.2, 0.25) is 0 Å². The van der Waals surface area contributed by atoms with Crippen molar-refractivity contribution in [2.45, 2.75) is 13.8 Å². The number of hydrogen-bond donors (Lipinski definition) is 0. The molecular weight excluding hydrogens is 519 g/mol. The molecule has 5 aromatic carbocycles.